The Balaban J connectivity index is 1.67. The first-order valence-electron chi connectivity index (χ1n) is 9.33. The molecule has 5 nitrogen and oxygen atoms in total. The highest BCUT2D eigenvalue weighted by molar-refractivity contribution is 7.22. The SMILES string of the molecule is O=C(c1cccc(C(F)(F)F)c1)N(CCCn1ccnc1)c1nc2c(F)cccc2s1. The summed E-state index contributed by atoms with van der Waals surface area (Å²) in [7, 11) is 0. The third-order valence-corrected chi connectivity index (χ3v) is 5.67. The molecule has 2 aromatic heterocycles. The van der Waals surface area contributed by atoms with Crippen LogP contribution in [0, 0.1) is 5.82 Å². The van der Waals surface area contributed by atoms with Gasteiger partial charge in [-0.05, 0) is 36.8 Å². The van der Waals surface area contributed by atoms with Crippen molar-refractivity contribution in [3.05, 3.63) is 78.1 Å². The lowest BCUT2D eigenvalue weighted by molar-refractivity contribution is -0.137. The minimum Gasteiger partial charge on any atom is -0.337 e. The lowest BCUT2D eigenvalue weighted by atomic mass is 10.1. The summed E-state index contributed by atoms with van der Waals surface area (Å²) in [4.78, 5) is 22.7. The molecule has 4 aromatic rings. The van der Waals surface area contributed by atoms with Crippen molar-refractivity contribution < 1.29 is 22.4 Å². The molecule has 10 heteroatoms. The quantitative estimate of drug-likeness (QED) is 0.372. The van der Waals surface area contributed by atoms with Crippen LogP contribution in [0.1, 0.15) is 22.3 Å². The lowest BCUT2D eigenvalue weighted by Crippen LogP contribution is -2.32. The average Bonchev–Trinajstić information content (AvgIpc) is 3.41. The fourth-order valence-corrected chi connectivity index (χ4v) is 4.12. The summed E-state index contributed by atoms with van der Waals surface area (Å²) in [5.41, 5.74) is -0.900. The minimum absolute atomic E-state index is 0.114. The second-order valence-electron chi connectivity index (χ2n) is 6.77. The zero-order valence-electron chi connectivity index (χ0n) is 16.0. The van der Waals surface area contributed by atoms with E-state index in [1.54, 1.807) is 24.8 Å². The number of carbonyl (C=O) groups is 1. The van der Waals surface area contributed by atoms with Gasteiger partial charge in [0.25, 0.3) is 5.91 Å². The van der Waals surface area contributed by atoms with Gasteiger partial charge < -0.3 is 4.57 Å². The molecule has 0 radical (unpaired) electrons. The number of alkyl halides is 3. The van der Waals surface area contributed by atoms with Crippen molar-refractivity contribution in [2.75, 3.05) is 11.4 Å². The van der Waals surface area contributed by atoms with Crippen molar-refractivity contribution >= 4 is 32.6 Å². The van der Waals surface area contributed by atoms with Gasteiger partial charge in [-0.15, -0.1) is 0 Å². The van der Waals surface area contributed by atoms with E-state index >= 15 is 0 Å². The molecule has 160 valence electrons. The molecule has 2 heterocycles. The van der Waals surface area contributed by atoms with Gasteiger partial charge in [0, 0.05) is 31.0 Å². The second kappa shape index (κ2) is 8.46. The van der Waals surface area contributed by atoms with Gasteiger partial charge in [-0.2, -0.15) is 13.2 Å². The van der Waals surface area contributed by atoms with E-state index in [1.165, 1.54) is 29.2 Å². The summed E-state index contributed by atoms with van der Waals surface area (Å²) in [6.45, 7) is 0.736. The molecule has 0 aliphatic heterocycles. The normalized spacial score (nSPS) is 11.7. The maximum absolute atomic E-state index is 14.1. The Morgan fingerprint density at radius 1 is 1.16 bits per heavy atom. The Morgan fingerprint density at radius 3 is 2.68 bits per heavy atom. The number of aromatic nitrogens is 3. The largest absolute Gasteiger partial charge is 0.416 e. The molecular weight excluding hydrogens is 432 g/mol. The van der Waals surface area contributed by atoms with Gasteiger partial charge in [-0.3, -0.25) is 9.69 Å². The van der Waals surface area contributed by atoms with Gasteiger partial charge >= 0.3 is 6.18 Å². The third kappa shape index (κ3) is 4.58. The van der Waals surface area contributed by atoms with E-state index in [0.717, 1.165) is 23.5 Å². The van der Waals surface area contributed by atoms with Crippen LogP contribution in [0.3, 0.4) is 0 Å². The van der Waals surface area contributed by atoms with Gasteiger partial charge in [-0.25, -0.2) is 14.4 Å². The molecule has 0 unspecified atom stereocenters. The lowest BCUT2D eigenvalue weighted by Gasteiger charge is -2.20. The number of carbonyl (C=O) groups excluding carboxylic acids is 1. The Morgan fingerprint density at radius 2 is 1.97 bits per heavy atom. The van der Waals surface area contributed by atoms with Crippen LogP contribution in [0.25, 0.3) is 10.2 Å². The first-order chi connectivity index (χ1) is 14.8. The van der Waals surface area contributed by atoms with Crippen LogP contribution in [-0.2, 0) is 12.7 Å². The molecule has 4 rings (SSSR count). The van der Waals surface area contributed by atoms with E-state index in [0.29, 0.717) is 17.7 Å². The molecule has 0 bridgehead atoms. The van der Waals surface area contributed by atoms with Crippen LogP contribution in [0.4, 0.5) is 22.7 Å². The van der Waals surface area contributed by atoms with Crippen LogP contribution < -0.4 is 4.90 Å². The number of halogens is 4. The summed E-state index contributed by atoms with van der Waals surface area (Å²) in [5.74, 6) is -1.15. The number of para-hydroxylation sites is 1. The summed E-state index contributed by atoms with van der Waals surface area (Å²) < 4.78 is 55.8. The molecule has 0 fully saturated rings. The van der Waals surface area contributed by atoms with E-state index in [-0.39, 0.29) is 22.8 Å². The number of fused-ring (bicyclic) bond motifs is 1. The Hall–Kier alpha value is -3.27. The van der Waals surface area contributed by atoms with Crippen LogP contribution in [0.5, 0.6) is 0 Å². The minimum atomic E-state index is -4.57. The predicted octanol–water partition coefficient (Wildman–Crippen LogP) is 5.39. The maximum atomic E-state index is 14.1. The number of benzene rings is 2. The highest BCUT2D eigenvalue weighted by atomic mass is 32.1. The third-order valence-electron chi connectivity index (χ3n) is 4.63. The zero-order valence-corrected chi connectivity index (χ0v) is 16.8. The van der Waals surface area contributed by atoms with Gasteiger partial charge in [0.05, 0.1) is 16.6 Å². The number of rotatable bonds is 6. The van der Waals surface area contributed by atoms with E-state index in [9.17, 15) is 22.4 Å². The number of thiazole rings is 1. The number of amides is 1. The van der Waals surface area contributed by atoms with E-state index in [2.05, 4.69) is 9.97 Å². The fraction of sp³-hybridized carbons (Fsp3) is 0.190. The molecule has 0 spiro atoms. The summed E-state index contributed by atoms with van der Waals surface area (Å²) in [6.07, 6.45) is 0.959. The molecule has 1 amide bonds. The van der Waals surface area contributed by atoms with Crippen molar-refractivity contribution in [2.24, 2.45) is 0 Å². The topological polar surface area (TPSA) is 51.0 Å². The first kappa shape index (κ1) is 21.0. The van der Waals surface area contributed by atoms with Gasteiger partial charge in [0.2, 0.25) is 0 Å². The molecule has 0 aliphatic rings. The highest BCUT2D eigenvalue weighted by Gasteiger charge is 2.31. The molecule has 2 aromatic carbocycles. The van der Waals surface area contributed by atoms with Crippen LogP contribution in [0.2, 0.25) is 0 Å². The molecule has 0 saturated heterocycles. The second-order valence-corrected chi connectivity index (χ2v) is 7.78. The molecule has 0 aliphatic carbocycles. The standard InChI is InChI=1S/C21H16F4N4OS/c22-16-6-2-7-17-18(16)27-20(31-17)29(10-3-9-28-11-8-26-13-28)19(30)14-4-1-5-15(12-14)21(23,24)25/h1-2,4-8,11-13H,3,9-10H2. The van der Waals surface area contributed by atoms with Gasteiger partial charge in [-0.1, -0.05) is 23.5 Å². The Bertz CT molecular complexity index is 1200. The number of hydrogen-bond acceptors (Lipinski definition) is 4. The summed E-state index contributed by atoms with van der Waals surface area (Å²) in [5, 5.41) is 0.230. The molecule has 0 N–H and O–H groups in total. The predicted molar refractivity (Wildman–Crippen MR) is 110 cm³/mol. The van der Waals surface area contributed by atoms with E-state index in [1.807, 2.05) is 4.57 Å². The van der Waals surface area contributed by atoms with Crippen molar-refractivity contribution in [2.45, 2.75) is 19.1 Å². The maximum Gasteiger partial charge on any atom is 0.416 e. The smallest absolute Gasteiger partial charge is 0.337 e. The van der Waals surface area contributed by atoms with Crippen LogP contribution >= 0.6 is 11.3 Å². The monoisotopic (exact) mass is 448 g/mol. The zero-order chi connectivity index (χ0) is 22.0. The first-order valence-corrected chi connectivity index (χ1v) is 10.1. The Kier molecular flexibility index (Phi) is 5.73. The van der Waals surface area contributed by atoms with Crippen LogP contribution in [-0.4, -0.2) is 27.0 Å². The van der Waals surface area contributed by atoms with Gasteiger partial charge in [0.1, 0.15) is 11.3 Å². The highest BCUT2D eigenvalue weighted by Crippen LogP contribution is 2.33. The van der Waals surface area contributed by atoms with Crippen molar-refractivity contribution in [3.63, 3.8) is 0 Å². The van der Waals surface area contributed by atoms with E-state index in [4.69, 9.17) is 0 Å². The van der Waals surface area contributed by atoms with Crippen LogP contribution in [0.15, 0.2) is 61.2 Å². The van der Waals surface area contributed by atoms with Crippen molar-refractivity contribution in [1.82, 2.24) is 14.5 Å². The number of anilines is 1. The summed E-state index contributed by atoms with van der Waals surface area (Å²) >= 11 is 1.11. The summed E-state index contributed by atoms with van der Waals surface area (Å²) in [6, 6.07) is 8.73. The van der Waals surface area contributed by atoms with Crippen molar-refractivity contribution in [1.29, 1.82) is 0 Å². The van der Waals surface area contributed by atoms with E-state index < -0.39 is 23.5 Å². The van der Waals surface area contributed by atoms with Crippen molar-refractivity contribution in [3.8, 4) is 0 Å². The fourth-order valence-electron chi connectivity index (χ4n) is 3.12. The number of hydrogen-bond donors (Lipinski definition) is 0. The molecule has 0 saturated carbocycles. The number of nitrogens with zero attached hydrogens (tertiary/aromatic N) is 4. The molecule has 0 atom stereocenters. The Labute approximate surface area is 178 Å². The average molecular weight is 448 g/mol. The number of aryl methyl sites for hydroxylation is 1. The molecule has 31 heavy (non-hydrogen) atoms. The molecular formula is C21H16F4N4OS. The number of imidazole rings is 1. The van der Waals surface area contributed by atoms with Gasteiger partial charge in [0.15, 0.2) is 5.13 Å².